The summed E-state index contributed by atoms with van der Waals surface area (Å²) in [5, 5.41) is 0. The number of carbonyl (C=O) groups excluding carboxylic acids is 1. The molecule has 21 heavy (non-hydrogen) atoms. The van der Waals surface area contributed by atoms with E-state index in [2.05, 4.69) is 19.8 Å². The summed E-state index contributed by atoms with van der Waals surface area (Å²) in [6.07, 6.45) is 9.87. The highest BCUT2D eigenvalue weighted by Crippen LogP contribution is 2.31. The third-order valence-corrected chi connectivity index (χ3v) is 4.90. The molecule has 1 aromatic heterocycles. The van der Waals surface area contributed by atoms with Gasteiger partial charge in [-0.05, 0) is 38.5 Å². The van der Waals surface area contributed by atoms with Crippen molar-refractivity contribution >= 4 is 11.7 Å². The Morgan fingerprint density at radius 1 is 1.05 bits per heavy atom. The molecule has 0 unspecified atom stereocenters. The van der Waals surface area contributed by atoms with Crippen LogP contribution in [0.4, 0.5) is 5.82 Å². The number of hydrogen-bond acceptors (Lipinski definition) is 4. The summed E-state index contributed by atoms with van der Waals surface area (Å²) in [6, 6.07) is 0.530. The van der Waals surface area contributed by atoms with Gasteiger partial charge in [0.2, 0.25) is 5.91 Å². The first kappa shape index (κ1) is 13.0. The van der Waals surface area contributed by atoms with Gasteiger partial charge in [-0.1, -0.05) is 6.42 Å². The molecule has 0 aromatic carbocycles. The van der Waals surface area contributed by atoms with Gasteiger partial charge in [-0.2, -0.15) is 0 Å². The zero-order chi connectivity index (χ0) is 14.2. The zero-order valence-corrected chi connectivity index (χ0v) is 12.4. The lowest BCUT2D eigenvalue weighted by Crippen LogP contribution is -2.51. The molecular weight excluding hydrogens is 264 g/mol. The Balaban J connectivity index is 1.58. The largest absolute Gasteiger partial charge is 0.345 e. The molecule has 0 N–H and O–H groups in total. The Hall–Kier alpha value is -1.65. The first-order valence-electron chi connectivity index (χ1n) is 8.20. The first-order valence-corrected chi connectivity index (χ1v) is 8.20. The summed E-state index contributed by atoms with van der Waals surface area (Å²) in [4.78, 5) is 25.6. The third kappa shape index (κ3) is 2.49. The molecule has 0 bridgehead atoms. The quantitative estimate of drug-likeness (QED) is 0.774. The molecule has 2 fully saturated rings. The van der Waals surface area contributed by atoms with Crippen molar-refractivity contribution in [1.82, 2.24) is 14.9 Å². The van der Waals surface area contributed by atoms with Crippen molar-refractivity contribution in [2.24, 2.45) is 0 Å². The predicted molar refractivity (Wildman–Crippen MR) is 80.2 cm³/mol. The van der Waals surface area contributed by atoms with Gasteiger partial charge in [-0.3, -0.25) is 4.79 Å². The second-order valence-electron chi connectivity index (χ2n) is 6.42. The smallest absolute Gasteiger partial charge is 0.242 e. The van der Waals surface area contributed by atoms with E-state index in [9.17, 15) is 4.79 Å². The lowest BCUT2D eigenvalue weighted by atomic mass is 10.1. The van der Waals surface area contributed by atoms with Crippen LogP contribution in [-0.2, 0) is 17.6 Å². The van der Waals surface area contributed by atoms with Gasteiger partial charge in [0, 0.05) is 30.4 Å². The molecule has 112 valence electrons. The zero-order valence-electron chi connectivity index (χ0n) is 12.4. The Morgan fingerprint density at radius 2 is 1.90 bits per heavy atom. The van der Waals surface area contributed by atoms with Crippen LogP contribution < -0.4 is 4.90 Å². The number of rotatable bonds is 2. The van der Waals surface area contributed by atoms with Gasteiger partial charge < -0.3 is 9.80 Å². The standard InChI is InChI=1S/C16H22N4O/c21-15-10-19(8-9-20(15)12-6-7-12)16-13-4-2-1-3-5-14(13)17-11-18-16/h11-12H,1-10H2. The molecule has 0 radical (unpaired) electrons. The fraction of sp³-hybridized carbons (Fsp3) is 0.688. The molecule has 1 aliphatic heterocycles. The van der Waals surface area contributed by atoms with Crippen LogP contribution in [0.5, 0.6) is 0 Å². The van der Waals surface area contributed by atoms with Crippen LogP contribution in [0.1, 0.15) is 43.4 Å². The van der Waals surface area contributed by atoms with Gasteiger partial charge in [0.25, 0.3) is 0 Å². The number of fused-ring (bicyclic) bond motifs is 1. The van der Waals surface area contributed by atoms with E-state index in [-0.39, 0.29) is 5.91 Å². The highest BCUT2D eigenvalue weighted by Gasteiger charge is 2.36. The number of piperazine rings is 1. The normalized spacial score (nSPS) is 23.0. The fourth-order valence-corrected chi connectivity index (χ4v) is 3.59. The average molecular weight is 286 g/mol. The molecule has 1 amide bonds. The van der Waals surface area contributed by atoms with Gasteiger partial charge in [-0.25, -0.2) is 9.97 Å². The van der Waals surface area contributed by atoms with E-state index in [0.717, 1.165) is 31.7 Å². The Bertz CT molecular complexity index is 555. The highest BCUT2D eigenvalue weighted by atomic mass is 16.2. The van der Waals surface area contributed by atoms with Gasteiger partial charge in [0.05, 0.1) is 6.54 Å². The number of carbonyl (C=O) groups is 1. The monoisotopic (exact) mass is 286 g/mol. The lowest BCUT2D eigenvalue weighted by Gasteiger charge is -2.36. The van der Waals surface area contributed by atoms with E-state index < -0.39 is 0 Å². The molecule has 3 aliphatic rings. The minimum absolute atomic E-state index is 0.268. The maximum atomic E-state index is 12.3. The lowest BCUT2D eigenvalue weighted by molar-refractivity contribution is -0.131. The molecule has 1 saturated heterocycles. The summed E-state index contributed by atoms with van der Waals surface area (Å²) in [6.45, 7) is 2.24. The Kier molecular flexibility index (Phi) is 3.28. The van der Waals surface area contributed by atoms with Gasteiger partial charge in [0.15, 0.2) is 0 Å². The molecule has 1 aromatic rings. The Labute approximate surface area is 125 Å². The topological polar surface area (TPSA) is 49.3 Å². The van der Waals surface area contributed by atoms with Gasteiger partial charge in [-0.15, -0.1) is 0 Å². The molecule has 0 spiro atoms. The Morgan fingerprint density at radius 3 is 2.71 bits per heavy atom. The number of hydrogen-bond donors (Lipinski definition) is 0. The van der Waals surface area contributed by atoms with E-state index in [0.29, 0.717) is 12.6 Å². The molecule has 2 heterocycles. The second kappa shape index (κ2) is 5.28. The van der Waals surface area contributed by atoms with Crippen LogP contribution in [0.2, 0.25) is 0 Å². The highest BCUT2D eigenvalue weighted by molar-refractivity contribution is 5.83. The maximum Gasteiger partial charge on any atom is 0.242 e. The third-order valence-electron chi connectivity index (χ3n) is 4.90. The molecule has 5 heteroatoms. The SMILES string of the molecule is O=C1CN(c2ncnc3c2CCCCC3)CCN1C1CC1. The summed E-state index contributed by atoms with van der Waals surface area (Å²) >= 11 is 0. The average Bonchev–Trinajstić information content (AvgIpc) is 3.33. The number of anilines is 1. The minimum Gasteiger partial charge on any atom is -0.345 e. The van der Waals surface area contributed by atoms with Crippen molar-refractivity contribution in [2.45, 2.75) is 51.0 Å². The molecule has 5 nitrogen and oxygen atoms in total. The fourth-order valence-electron chi connectivity index (χ4n) is 3.59. The summed E-state index contributed by atoms with van der Waals surface area (Å²) in [5.74, 6) is 1.29. The van der Waals surface area contributed by atoms with E-state index in [1.165, 1.54) is 43.4 Å². The van der Waals surface area contributed by atoms with Crippen molar-refractivity contribution < 1.29 is 4.79 Å². The number of aryl methyl sites for hydroxylation is 1. The summed E-state index contributed by atoms with van der Waals surface area (Å²) in [5.41, 5.74) is 2.50. The van der Waals surface area contributed by atoms with Crippen molar-refractivity contribution in [1.29, 1.82) is 0 Å². The molecule has 1 saturated carbocycles. The van der Waals surface area contributed by atoms with Crippen LogP contribution >= 0.6 is 0 Å². The molecular formula is C16H22N4O. The van der Waals surface area contributed by atoms with E-state index in [1.54, 1.807) is 6.33 Å². The maximum absolute atomic E-state index is 12.3. The minimum atomic E-state index is 0.268. The van der Waals surface area contributed by atoms with Gasteiger partial charge >= 0.3 is 0 Å². The summed E-state index contributed by atoms with van der Waals surface area (Å²) < 4.78 is 0. The first-order chi connectivity index (χ1) is 10.3. The van der Waals surface area contributed by atoms with Crippen LogP contribution in [0.3, 0.4) is 0 Å². The van der Waals surface area contributed by atoms with Crippen molar-refractivity contribution in [3.63, 3.8) is 0 Å². The van der Waals surface area contributed by atoms with E-state index in [1.807, 2.05) is 0 Å². The van der Waals surface area contributed by atoms with Crippen molar-refractivity contribution in [2.75, 3.05) is 24.5 Å². The van der Waals surface area contributed by atoms with E-state index >= 15 is 0 Å². The van der Waals surface area contributed by atoms with Crippen LogP contribution in [-0.4, -0.2) is 46.5 Å². The second-order valence-corrected chi connectivity index (χ2v) is 6.42. The number of aromatic nitrogens is 2. The predicted octanol–water partition coefficient (Wildman–Crippen LogP) is 1.56. The molecule has 2 aliphatic carbocycles. The molecule has 0 atom stereocenters. The van der Waals surface area contributed by atoms with Crippen molar-refractivity contribution in [3.05, 3.63) is 17.6 Å². The van der Waals surface area contributed by atoms with Crippen LogP contribution in [0.15, 0.2) is 6.33 Å². The van der Waals surface area contributed by atoms with Gasteiger partial charge in [0.1, 0.15) is 12.1 Å². The molecule has 4 rings (SSSR count). The number of amides is 1. The van der Waals surface area contributed by atoms with Crippen molar-refractivity contribution in [3.8, 4) is 0 Å². The van der Waals surface area contributed by atoms with E-state index in [4.69, 9.17) is 0 Å². The van der Waals surface area contributed by atoms with Crippen LogP contribution in [0, 0.1) is 0 Å². The summed E-state index contributed by atoms with van der Waals surface area (Å²) in [7, 11) is 0. The van der Waals surface area contributed by atoms with Crippen LogP contribution in [0.25, 0.3) is 0 Å². The number of nitrogens with zero attached hydrogens (tertiary/aromatic N) is 4.